The molecule has 1 amide bonds. The number of hydrogen-bond donors (Lipinski definition) is 1. The monoisotopic (exact) mass is 430 g/mol. The van der Waals surface area contributed by atoms with Gasteiger partial charge in [0.1, 0.15) is 5.75 Å². The number of rotatable bonds is 9. The summed E-state index contributed by atoms with van der Waals surface area (Å²) in [6, 6.07) is 20.7. The van der Waals surface area contributed by atoms with Crippen molar-refractivity contribution in [3.8, 4) is 16.9 Å². The van der Waals surface area contributed by atoms with Gasteiger partial charge in [-0.2, -0.15) is 0 Å². The van der Waals surface area contributed by atoms with Crippen molar-refractivity contribution in [1.29, 1.82) is 0 Å². The average Bonchev–Trinajstić information content (AvgIpc) is 2.79. The summed E-state index contributed by atoms with van der Waals surface area (Å²) in [6.07, 6.45) is 1.84. The summed E-state index contributed by atoms with van der Waals surface area (Å²) < 4.78 is 5.47. The van der Waals surface area contributed by atoms with Crippen molar-refractivity contribution < 1.29 is 14.3 Å². The van der Waals surface area contributed by atoms with Crippen molar-refractivity contribution in [2.45, 2.75) is 19.8 Å². The Balaban J connectivity index is 1.69. The molecule has 1 N–H and O–H groups in total. The number of methoxy groups -OCH3 is 1. The van der Waals surface area contributed by atoms with Gasteiger partial charge in [0.25, 0.3) is 5.91 Å². The van der Waals surface area contributed by atoms with Crippen LogP contribution < -0.4 is 10.1 Å². The number of hydrogen-bond acceptors (Lipinski definition) is 4. The van der Waals surface area contributed by atoms with E-state index in [1.165, 1.54) is 0 Å². The highest BCUT2D eigenvalue weighted by molar-refractivity contribution is 6.04. The number of nitrogens with zero attached hydrogens (tertiary/aromatic N) is 1. The van der Waals surface area contributed by atoms with E-state index in [1.807, 2.05) is 74.8 Å². The molecular formula is C27H30N2O3. The van der Waals surface area contributed by atoms with E-state index in [0.29, 0.717) is 11.1 Å². The van der Waals surface area contributed by atoms with Crippen LogP contribution in [-0.4, -0.2) is 44.3 Å². The highest BCUT2D eigenvalue weighted by Gasteiger charge is 2.11. The van der Waals surface area contributed by atoms with Crippen molar-refractivity contribution >= 4 is 17.4 Å². The molecule has 0 unspecified atom stereocenters. The molecule has 0 radical (unpaired) electrons. The highest BCUT2D eigenvalue weighted by atomic mass is 16.5. The second kappa shape index (κ2) is 10.7. The lowest BCUT2D eigenvalue weighted by molar-refractivity contribution is 0.101. The van der Waals surface area contributed by atoms with E-state index in [4.69, 9.17) is 4.74 Å². The quantitative estimate of drug-likeness (QED) is 0.467. The summed E-state index contributed by atoms with van der Waals surface area (Å²) in [5, 5.41) is 2.97. The van der Waals surface area contributed by atoms with Gasteiger partial charge in [-0.05, 0) is 87.4 Å². The van der Waals surface area contributed by atoms with Gasteiger partial charge < -0.3 is 15.0 Å². The van der Waals surface area contributed by atoms with Crippen LogP contribution in [0.4, 0.5) is 5.69 Å². The molecular weight excluding hydrogens is 400 g/mol. The number of nitrogens with one attached hydrogen (secondary N) is 1. The number of ether oxygens (including phenoxy) is 1. The van der Waals surface area contributed by atoms with Crippen molar-refractivity contribution in [3.05, 3.63) is 83.4 Å². The van der Waals surface area contributed by atoms with Gasteiger partial charge in [-0.3, -0.25) is 9.59 Å². The lowest BCUT2D eigenvalue weighted by atomic mass is 10.0. The summed E-state index contributed by atoms with van der Waals surface area (Å²) in [4.78, 5) is 26.4. The number of aryl methyl sites for hydroxylation is 1. The Morgan fingerprint density at radius 3 is 2.03 bits per heavy atom. The van der Waals surface area contributed by atoms with Crippen LogP contribution in [-0.2, 0) is 6.42 Å². The van der Waals surface area contributed by atoms with Crippen molar-refractivity contribution in [2.24, 2.45) is 0 Å². The predicted molar refractivity (Wildman–Crippen MR) is 130 cm³/mol. The van der Waals surface area contributed by atoms with Crippen LogP contribution >= 0.6 is 0 Å². The lowest BCUT2D eigenvalue weighted by Gasteiger charge is -2.13. The van der Waals surface area contributed by atoms with E-state index in [9.17, 15) is 9.59 Å². The molecule has 166 valence electrons. The first kappa shape index (κ1) is 23.2. The number of carbonyl (C=O) groups is 2. The number of carbonyl (C=O) groups excluding carboxylic acids is 2. The second-order valence-corrected chi connectivity index (χ2v) is 8.10. The summed E-state index contributed by atoms with van der Waals surface area (Å²) in [5.74, 6) is 0.703. The Hall–Kier alpha value is -3.44. The van der Waals surface area contributed by atoms with Gasteiger partial charge >= 0.3 is 0 Å². The topological polar surface area (TPSA) is 58.6 Å². The number of ketones is 1. The Kier molecular flexibility index (Phi) is 7.79. The second-order valence-electron chi connectivity index (χ2n) is 8.10. The largest absolute Gasteiger partial charge is 0.496 e. The Morgan fingerprint density at radius 2 is 1.47 bits per heavy atom. The SMILES string of the molecule is COc1ccc(C(=O)Nc2ccc(-c3ccc(C(C)=O)cc3)cc2)cc1CCCN(C)C. The van der Waals surface area contributed by atoms with E-state index in [1.54, 1.807) is 20.1 Å². The van der Waals surface area contributed by atoms with Crippen molar-refractivity contribution in [2.75, 3.05) is 33.1 Å². The molecule has 0 aliphatic rings. The zero-order chi connectivity index (χ0) is 23.1. The zero-order valence-electron chi connectivity index (χ0n) is 19.1. The molecule has 0 bridgehead atoms. The van der Waals surface area contributed by atoms with Crippen LogP contribution in [0, 0.1) is 0 Å². The highest BCUT2D eigenvalue weighted by Crippen LogP contribution is 2.24. The molecule has 5 heteroatoms. The van der Waals surface area contributed by atoms with Crippen LogP contribution in [0.25, 0.3) is 11.1 Å². The zero-order valence-corrected chi connectivity index (χ0v) is 19.1. The van der Waals surface area contributed by atoms with E-state index < -0.39 is 0 Å². The van der Waals surface area contributed by atoms with Crippen LogP contribution in [0.1, 0.15) is 39.6 Å². The number of Topliss-reactive ketones (excluding diaryl/α,β-unsaturated/α-hetero) is 1. The van der Waals surface area contributed by atoms with Crippen molar-refractivity contribution in [1.82, 2.24) is 4.90 Å². The molecule has 0 saturated carbocycles. The smallest absolute Gasteiger partial charge is 0.255 e. The fraction of sp³-hybridized carbons (Fsp3) is 0.259. The molecule has 0 atom stereocenters. The van der Waals surface area contributed by atoms with Gasteiger partial charge in [-0.15, -0.1) is 0 Å². The minimum atomic E-state index is -0.153. The van der Waals surface area contributed by atoms with E-state index in [-0.39, 0.29) is 11.7 Å². The number of anilines is 1. The van der Waals surface area contributed by atoms with Crippen LogP contribution in [0.5, 0.6) is 5.75 Å². The van der Waals surface area contributed by atoms with Crippen molar-refractivity contribution in [3.63, 3.8) is 0 Å². The summed E-state index contributed by atoms with van der Waals surface area (Å²) in [7, 11) is 5.75. The molecule has 0 aliphatic carbocycles. The van der Waals surface area contributed by atoms with Crippen LogP contribution in [0.2, 0.25) is 0 Å². The van der Waals surface area contributed by atoms with Gasteiger partial charge in [0.2, 0.25) is 0 Å². The Bertz CT molecular complexity index is 1070. The maximum atomic E-state index is 12.8. The average molecular weight is 431 g/mol. The molecule has 0 fully saturated rings. The van der Waals surface area contributed by atoms with E-state index in [0.717, 1.165) is 47.5 Å². The summed E-state index contributed by atoms with van der Waals surface area (Å²) in [6.45, 7) is 2.53. The van der Waals surface area contributed by atoms with Crippen LogP contribution in [0.3, 0.4) is 0 Å². The minimum absolute atomic E-state index is 0.0500. The molecule has 0 heterocycles. The normalized spacial score (nSPS) is 10.8. The van der Waals surface area contributed by atoms with Gasteiger partial charge in [0.05, 0.1) is 7.11 Å². The molecule has 32 heavy (non-hydrogen) atoms. The van der Waals surface area contributed by atoms with Gasteiger partial charge in [0.15, 0.2) is 5.78 Å². The fourth-order valence-electron chi connectivity index (χ4n) is 3.55. The molecule has 0 saturated heterocycles. The standard InChI is InChI=1S/C27H30N2O3/c1-19(30)20-7-9-21(10-8-20)22-11-14-25(15-12-22)28-27(31)24-13-16-26(32-4)23(18-24)6-5-17-29(2)3/h7-16,18H,5-6,17H2,1-4H3,(H,28,31). The third kappa shape index (κ3) is 6.05. The summed E-state index contributed by atoms with van der Waals surface area (Å²) >= 11 is 0. The van der Waals surface area contributed by atoms with Gasteiger partial charge in [-0.1, -0.05) is 36.4 Å². The van der Waals surface area contributed by atoms with Crippen LogP contribution in [0.15, 0.2) is 66.7 Å². The first-order chi connectivity index (χ1) is 15.4. The Labute approximate surface area is 190 Å². The molecule has 0 aliphatic heterocycles. The molecule has 5 nitrogen and oxygen atoms in total. The lowest BCUT2D eigenvalue weighted by Crippen LogP contribution is -2.14. The predicted octanol–water partition coefficient (Wildman–Crippen LogP) is 5.31. The third-order valence-electron chi connectivity index (χ3n) is 5.36. The number of benzene rings is 3. The van der Waals surface area contributed by atoms with E-state index in [2.05, 4.69) is 10.2 Å². The first-order valence-corrected chi connectivity index (χ1v) is 10.7. The summed E-state index contributed by atoms with van der Waals surface area (Å²) in [5.41, 5.74) is 5.10. The molecule has 3 aromatic carbocycles. The molecule has 0 spiro atoms. The number of amides is 1. The molecule has 3 rings (SSSR count). The maximum Gasteiger partial charge on any atom is 0.255 e. The van der Waals surface area contributed by atoms with E-state index >= 15 is 0 Å². The third-order valence-corrected chi connectivity index (χ3v) is 5.36. The maximum absolute atomic E-state index is 12.8. The first-order valence-electron chi connectivity index (χ1n) is 10.7. The molecule has 3 aromatic rings. The van der Waals surface area contributed by atoms with Gasteiger partial charge in [-0.25, -0.2) is 0 Å². The minimum Gasteiger partial charge on any atom is -0.496 e. The molecule has 0 aromatic heterocycles. The van der Waals surface area contributed by atoms with Gasteiger partial charge in [0, 0.05) is 16.8 Å². The fourth-order valence-corrected chi connectivity index (χ4v) is 3.55. The Morgan fingerprint density at radius 1 is 0.875 bits per heavy atom.